The van der Waals surface area contributed by atoms with Gasteiger partial charge in [-0.05, 0) is 44.0 Å². The highest BCUT2D eigenvalue weighted by atomic mass is 16.5. The van der Waals surface area contributed by atoms with E-state index < -0.39 is 0 Å². The van der Waals surface area contributed by atoms with E-state index in [-0.39, 0.29) is 17.7 Å². The second-order valence-corrected chi connectivity index (χ2v) is 6.04. The molecule has 0 aliphatic rings. The summed E-state index contributed by atoms with van der Waals surface area (Å²) in [5.74, 6) is 0.669. The topological polar surface area (TPSA) is 51.5 Å². The van der Waals surface area contributed by atoms with Gasteiger partial charge in [-0.3, -0.25) is 4.79 Å². The minimum Gasteiger partial charge on any atom is -0.493 e. The van der Waals surface area contributed by atoms with Gasteiger partial charge in [0.25, 0.3) is 5.91 Å². The van der Waals surface area contributed by atoms with Gasteiger partial charge in [0.1, 0.15) is 0 Å². The molecule has 4 heteroatoms. The van der Waals surface area contributed by atoms with Gasteiger partial charge in [0.2, 0.25) is 0 Å². The van der Waals surface area contributed by atoms with Crippen molar-refractivity contribution in [2.75, 3.05) is 7.11 Å². The van der Waals surface area contributed by atoms with Crippen molar-refractivity contribution < 1.29 is 13.9 Å². The van der Waals surface area contributed by atoms with Crippen LogP contribution >= 0.6 is 0 Å². The normalized spacial score (nSPS) is 12.2. The summed E-state index contributed by atoms with van der Waals surface area (Å²) < 4.78 is 11.0. The van der Waals surface area contributed by atoms with Crippen LogP contribution in [0.2, 0.25) is 0 Å². The van der Waals surface area contributed by atoms with Crippen LogP contribution in [0.4, 0.5) is 0 Å². The molecule has 2 aromatic carbocycles. The van der Waals surface area contributed by atoms with Crippen molar-refractivity contribution in [2.24, 2.45) is 0 Å². The van der Waals surface area contributed by atoms with E-state index in [1.54, 1.807) is 13.2 Å². The van der Waals surface area contributed by atoms with Gasteiger partial charge >= 0.3 is 0 Å². The standard InChI is InChI=1S/C20H21NO3/c1-12-8-9-13(2)16(10-12)14(3)21-20(22)18-11-15-6-5-7-17(23-4)19(15)24-18/h5-11,14H,1-4H3,(H,21,22). The van der Waals surface area contributed by atoms with Gasteiger partial charge in [-0.15, -0.1) is 0 Å². The van der Waals surface area contributed by atoms with Crippen molar-refractivity contribution >= 4 is 16.9 Å². The molecular weight excluding hydrogens is 302 g/mol. The van der Waals surface area contributed by atoms with Gasteiger partial charge in [0.05, 0.1) is 13.2 Å². The molecule has 1 aromatic heterocycles. The zero-order chi connectivity index (χ0) is 17.3. The smallest absolute Gasteiger partial charge is 0.287 e. The number of benzene rings is 2. The predicted octanol–water partition coefficient (Wildman–Crippen LogP) is 4.55. The number of hydrogen-bond acceptors (Lipinski definition) is 3. The molecule has 0 bridgehead atoms. The third-order valence-corrected chi connectivity index (χ3v) is 4.20. The minimum absolute atomic E-state index is 0.104. The lowest BCUT2D eigenvalue weighted by Gasteiger charge is -2.16. The van der Waals surface area contributed by atoms with Crippen molar-refractivity contribution in [3.63, 3.8) is 0 Å². The highest BCUT2D eigenvalue weighted by molar-refractivity contribution is 5.97. The summed E-state index contributed by atoms with van der Waals surface area (Å²) in [6.45, 7) is 6.06. The van der Waals surface area contributed by atoms with E-state index in [4.69, 9.17) is 9.15 Å². The Bertz CT molecular complexity index is 895. The Labute approximate surface area is 141 Å². The summed E-state index contributed by atoms with van der Waals surface area (Å²) in [4.78, 5) is 12.5. The first-order valence-electron chi connectivity index (χ1n) is 7.94. The van der Waals surface area contributed by atoms with Crippen LogP contribution in [0, 0.1) is 13.8 Å². The summed E-state index contributed by atoms with van der Waals surface area (Å²) in [5.41, 5.74) is 4.02. The minimum atomic E-state index is -0.235. The molecule has 0 saturated carbocycles. The van der Waals surface area contributed by atoms with E-state index >= 15 is 0 Å². The largest absolute Gasteiger partial charge is 0.493 e. The monoisotopic (exact) mass is 323 g/mol. The van der Waals surface area contributed by atoms with Gasteiger partial charge in [-0.25, -0.2) is 0 Å². The van der Waals surface area contributed by atoms with E-state index in [0.29, 0.717) is 11.3 Å². The Hall–Kier alpha value is -2.75. The summed E-state index contributed by atoms with van der Waals surface area (Å²) in [7, 11) is 1.58. The molecule has 124 valence electrons. The molecule has 0 fully saturated rings. The third-order valence-electron chi connectivity index (χ3n) is 4.20. The number of fused-ring (bicyclic) bond motifs is 1. The van der Waals surface area contributed by atoms with E-state index in [1.807, 2.05) is 39.0 Å². The van der Waals surface area contributed by atoms with Crippen LogP contribution in [0.1, 0.15) is 40.2 Å². The molecular formula is C20H21NO3. The first-order chi connectivity index (χ1) is 11.5. The lowest BCUT2D eigenvalue weighted by Crippen LogP contribution is -2.26. The Morgan fingerprint density at radius 3 is 2.71 bits per heavy atom. The molecule has 0 radical (unpaired) electrons. The number of hydrogen-bond donors (Lipinski definition) is 1. The van der Waals surface area contributed by atoms with Crippen LogP contribution in [0.3, 0.4) is 0 Å². The first-order valence-corrected chi connectivity index (χ1v) is 7.94. The fraction of sp³-hybridized carbons (Fsp3) is 0.250. The van der Waals surface area contributed by atoms with Gasteiger partial charge in [-0.2, -0.15) is 0 Å². The molecule has 1 atom stereocenters. The van der Waals surface area contributed by atoms with Crippen LogP contribution in [0.5, 0.6) is 5.75 Å². The van der Waals surface area contributed by atoms with Crippen molar-refractivity contribution in [3.05, 3.63) is 64.9 Å². The van der Waals surface area contributed by atoms with Crippen LogP contribution in [-0.4, -0.2) is 13.0 Å². The Kier molecular flexibility index (Phi) is 4.30. The van der Waals surface area contributed by atoms with Crippen molar-refractivity contribution in [2.45, 2.75) is 26.8 Å². The third kappa shape index (κ3) is 3.00. The second-order valence-electron chi connectivity index (χ2n) is 6.04. The summed E-state index contributed by atoms with van der Waals surface area (Å²) in [5, 5.41) is 3.85. The van der Waals surface area contributed by atoms with Gasteiger partial charge in [-0.1, -0.05) is 35.9 Å². The number of ether oxygens (including phenoxy) is 1. The maximum absolute atomic E-state index is 12.5. The Balaban J connectivity index is 1.85. The molecule has 0 saturated heterocycles. The number of para-hydroxylation sites is 1. The number of carbonyl (C=O) groups is 1. The average molecular weight is 323 g/mol. The average Bonchev–Trinajstić information content (AvgIpc) is 3.01. The van der Waals surface area contributed by atoms with E-state index in [0.717, 1.165) is 16.5 Å². The van der Waals surface area contributed by atoms with Gasteiger partial charge in [0, 0.05) is 5.39 Å². The molecule has 4 nitrogen and oxygen atoms in total. The van der Waals surface area contributed by atoms with Gasteiger partial charge in [0.15, 0.2) is 17.1 Å². The summed E-state index contributed by atoms with van der Waals surface area (Å²) >= 11 is 0. The van der Waals surface area contributed by atoms with E-state index in [2.05, 4.69) is 23.5 Å². The molecule has 3 rings (SSSR count). The zero-order valence-electron chi connectivity index (χ0n) is 14.3. The van der Waals surface area contributed by atoms with Crippen LogP contribution < -0.4 is 10.1 Å². The van der Waals surface area contributed by atoms with Crippen LogP contribution in [0.25, 0.3) is 11.0 Å². The molecule has 0 aliphatic heterocycles. The number of rotatable bonds is 4. The summed E-state index contributed by atoms with van der Waals surface area (Å²) in [6.07, 6.45) is 0. The van der Waals surface area contributed by atoms with Crippen LogP contribution in [0.15, 0.2) is 46.9 Å². The fourth-order valence-electron chi connectivity index (χ4n) is 2.88. The molecule has 1 amide bonds. The second kappa shape index (κ2) is 6.40. The molecule has 24 heavy (non-hydrogen) atoms. The number of furan rings is 1. The Morgan fingerprint density at radius 1 is 1.17 bits per heavy atom. The SMILES string of the molecule is COc1cccc2cc(C(=O)NC(C)c3cc(C)ccc3C)oc12. The summed E-state index contributed by atoms with van der Waals surface area (Å²) in [6, 6.07) is 13.5. The van der Waals surface area contributed by atoms with Crippen LogP contribution in [-0.2, 0) is 0 Å². The first kappa shape index (κ1) is 16.1. The lowest BCUT2D eigenvalue weighted by atomic mass is 10.00. The number of aryl methyl sites for hydroxylation is 2. The number of methoxy groups -OCH3 is 1. The molecule has 1 unspecified atom stereocenters. The van der Waals surface area contributed by atoms with E-state index in [1.165, 1.54) is 5.56 Å². The van der Waals surface area contributed by atoms with Crippen molar-refractivity contribution in [1.29, 1.82) is 0 Å². The van der Waals surface area contributed by atoms with Crippen molar-refractivity contribution in [1.82, 2.24) is 5.32 Å². The highest BCUT2D eigenvalue weighted by Crippen LogP contribution is 2.29. The van der Waals surface area contributed by atoms with E-state index in [9.17, 15) is 4.79 Å². The Morgan fingerprint density at radius 2 is 1.96 bits per heavy atom. The molecule has 1 N–H and O–H groups in total. The number of carbonyl (C=O) groups excluding carboxylic acids is 1. The lowest BCUT2D eigenvalue weighted by molar-refractivity contribution is 0.0914. The fourth-order valence-corrected chi connectivity index (χ4v) is 2.88. The zero-order valence-corrected chi connectivity index (χ0v) is 14.3. The maximum atomic E-state index is 12.5. The molecule has 3 aromatic rings. The highest BCUT2D eigenvalue weighted by Gasteiger charge is 2.18. The van der Waals surface area contributed by atoms with Gasteiger partial charge < -0.3 is 14.5 Å². The quantitative estimate of drug-likeness (QED) is 0.766. The maximum Gasteiger partial charge on any atom is 0.287 e. The predicted molar refractivity (Wildman–Crippen MR) is 94.6 cm³/mol. The van der Waals surface area contributed by atoms with Crippen molar-refractivity contribution in [3.8, 4) is 5.75 Å². The molecule has 1 heterocycles. The number of nitrogens with one attached hydrogen (secondary N) is 1. The molecule has 0 spiro atoms. The molecule has 0 aliphatic carbocycles. The number of amides is 1.